The monoisotopic (exact) mass is 374 g/mol. The average molecular weight is 374 g/mol. The molecule has 0 unspecified atom stereocenters. The van der Waals surface area contributed by atoms with Crippen molar-refractivity contribution in [2.75, 3.05) is 5.73 Å². The molecule has 0 spiro atoms. The van der Waals surface area contributed by atoms with Crippen molar-refractivity contribution in [1.82, 2.24) is 24.4 Å². The summed E-state index contributed by atoms with van der Waals surface area (Å²) in [5, 5.41) is 4.78. The van der Waals surface area contributed by atoms with E-state index in [2.05, 4.69) is 19.8 Å². The molecule has 0 atom stereocenters. The fourth-order valence-electron chi connectivity index (χ4n) is 3.74. The second-order valence-electron chi connectivity index (χ2n) is 7.07. The number of anilines is 1. The summed E-state index contributed by atoms with van der Waals surface area (Å²) in [5.74, 6) is 0.838. The lowest BCUT2D eigenvalue weighted by atomic mass is 10.1. The molecule has 1 fully saturated rings. The van der Waals surface area contributed by atoms with Gasteiger partial charge in [-0.1, -0.05) is 5.16 Å². The van der Waals surface area contributed by atoms with Crippen molar-refractivity contribution in [3.05, 3.63) is 17.8 Å². The lowest BCUT2D eigenvalue weighted by Crippen LogP contribution is -2.24. The van der Waals surface area contributed by atoms with E-state index in [4.69, 9.17) is 10.3 Å². The van der Waals surface area contributed by atoms with Gasteiger partial charge in [0.2, 0.25) is 10.0 Å². The van der Waals surface area contributed by atoms with E-state index in [-0.39, 0.29) is 23.4 Å². The quantitative estimate of drug-likeness (QED) is 0.701. The topological polar surface area (TPSA) is 129 Å². The molecule has 26 heavy (non-hydrogen) atoms. The molecule has 0 radical (unpaired) electrons. The van der Waals surface area contributed by atoms with Gasteiger partial charge in [-0.3, -0.25) is 0 Å². The molecule has 3 N–H and O–H groups in total. The van der Waals surface area contributed by atoms with Crippen LogP contribution in [0.25, 0.3) is 22.3 Å². The maximum atomic E-state index is 12.9. The van der Waals surface area contributed by atoms with E-state index in [1.807, 2.05) is 18.4 Å². The van der Waals surface area contributed by atoms with E-state index in [9.17, 15) is 8.42 Å². The Hall–Kier alpha value is -2.46. The first kappa shape index (κ1) is 15.8. The number of sulfonamides is 1. The van der Waals surface area contributed by atoms with Crippen LogP contribution >= 0.6 is 0 Å². The Morgan fingerprint density at radius 1 is 1.35 bits per heavy atom. The summed E-state index contributed by atoms with van der Waals surface area (Å²) in [6.45, 7) is 4.15. The first-order valence-corrected chi connectivity index (χ1v) is 10.0. The number of nitrogens with one attached hydrogen (secondary N) is 1. The Kier molecular flexibility index (Phi) is 3.06. The third-order valence-corrected chi connectivity index (χ3v) is 6.44. The number of nitrogens with two attached hydrogens (primary N) is 1. The van der Waals surface area contributed by atoms with Crippen molar-refractivity contribution in [3.8, 4) is 11.3 Å². The third-order valence-electron chi connectivity index (χ3n) is 4.99. The zero-order valence-electron chi connectivity index (χ0n) is 14.4. The van der Waals surface area contributed by atoms with E-state index in [1.54, 1.807) is 0 Å². The second kappa shape index (κ2) is 5.04. The first-order chi connectivity index (χ1) is 12.4. The van der Waals surface area contributed by atoms with Crippen LogP contribution < -0.4 is 10.5 Å². The largest absolute Gasteiger partial charge is 0.383 e. The fraction of sp³-hybridized carbons (Fsp3) is 0.438. The number of nitrogen functional groups attached to an aromatic ring is 1. The van der Waals surface area contributed by atoms with Crippen LogP contribution in [0.3, 0.4) is 0 Å². The van der Waals surface area contributed by atoms with Crippen LogP contribution in [0, 0.1) is 0 Å². The molecule has 0 saturated heterocycles. The van der Waals surface area contributed by atoms with Crippen molar-refractivity contribution < 1.29 is 12.9 Å². The molecule has 10 heteroatoms. The molecule has 136 valence electrons. The van der Waals surface area contributed by atoms with E-state index < -0.39 is 10.0 Å². The van der Waals surface area contributed by atoms with Gasteiger partial charge in [0, 0.05) is 23.2 Å². The van der Waals surface area contributed by atoms with Crippen molar-refractivity contribution in [2.24, 2.45) is 0 Å². The first-order valence-electron chi connectivity index (χ1n) is 8.53. The van der Waals surface area contributed by atoms with Crippen molar-refractivity contribution in [1.29, 1.82) is 0 Å². The second-order valence-corrected chi connectivity index (χ2v) is 8.77. The standard InChI is InChI=1S/C16H18N6O3S/c1-7(2)22-9-5-20-26(23,24)14-12(21-25-13(14)8-3-4-8)10(9)11-15(17)18-6-19-16(11)22/h6-8,20H,3-5H2,1-2H3,(H2,17,18,19). The number of fused-ring (bicyclic) bond motifs is 5. The smallest absolute Gasteiger partial charge is 0.246 e. The SMILES string of the molecule is CC(C)n1c2c(c3c(N)ncnc31)-c1noc(C3CC3)c1S(=O)(=O)NC2. The summed E-state index contributed by atoms with van der Waals surface area (Å²) < 4.78 is 35.9. The molecule has 2 aliphatic rings. The predicted octanol–water partition coefficient (Wildman–Crippen LogP) is 1.92. The molecule has 1 aliphatic heterocycles. The number of hydrogen-bond donors (Lipinski definition) is 2. The zero-order chi connectivity index (χ0) is 18.2. The Morgan fingerprint density at radius 3 is 2.81 bits per heavy atom. The predicted molar refractivity (Wildman–Crippen MR) is 93.8 cm³/mol. The van der Waals surface area contributed by atoms with E-state index in [1.165, 1.54) is 6.33 Å². The summed E-state index contributed by atoms with van der Waals surface area (Å²) in [6.07, 6.45) is 3.23. The molecule has 3 aromatic rings. The molecule has 9 nitrogen and oxygen atoms in total. The summed E-state index contributed by atoms with van der Waals surface area (Å²) >= 11 is 0. The van der Waals surface area contributed by atoms with Crippen LogP contribution in [0.5, 0.6) is 0 Å². The highest BCUT2D eigenvalue weighted by Gasteiger charge is 2.41. The molecule has 1 aliphatic carbocycles. The van der Waals surface area contributed by atoms with Crippen LogP contribution in [-0.2, 0) is 16.6 Å². The Balaban J connectivity index is 1.95. The maximum Gasteiger partial charge on any atom is 0.246 e. The Bertz CT molecular complexity index is 1160. The molecule has 3 aromatic heterocycles. The fourth-order valence-corrected chi connectivity index (χ4v) is 5.08. The summed E-state index contributed by atoms with van der Waals surface area (Å²) in [5.41, 5.74) is 8.53. The van der Waals surface area contributed by atoms with Gasteiger partial charge >= 0.3 is 0 Å². The minimum Gasteiger partial charge on any atom is -0.383 e. The lowest BCUT2D eigenvalue weighted by molar-refractivity contribution is 0.381. The highest BCUT2D eigenvalue weighted by atomic mass is 32.2. The van der Waals surface area contributed by atoms with Crippen LogP contribution in [0.2, 0.25) is 0 Å². The summed E-state index contributed by atoms with van der Waals surface area (Å²) in [4.78, 5) is 8.64. The summed E-state index contributed by atoms with van der Waals surface area (Å²) in [7, 11) is -3.73. The Labute approximate surface area is 149 Å². The summed E-state index contributed by atoms with van der Waals surface area (Å²) in [6, 6.07) is 0.0522. The molecule has 0 bridgehead atoms. The van der Waals surface area contributed by atoms with Crippen LogP contribution in [0.1, 0.15) is 50.1 Å². The minimum absolute atomic E-state index is 0.0522. The highest BCUT2D eigenvalue weighted by molar-refractivity contribution is 7.89. The van der Waals surface area contributed by atoms with Gasteiger partial charge in [0.15, 0.2) is 10.7 Å². The minimum atomic E-state index is -3.73. The molecule has 5 rings (SSSR count). The average Bonchev–Trinajstić information content (AvgIpc) is 3.24. The maximum absolute atomic E-state index is 12.9. The molecule has 4 heterocycles. The van der Waals surface area contributed by atoms with Crippen LogP contribution in [0.15, 0.2) is 15.7 Å². The molecule has 0 aromatic carbocycles. The molecule has 1 saturated carbocycles. The lowest BCUT2D eigenvalue weighted by Gasteiger charge is -2.14. The van der Waals surface area contributed by atoms with E-state index in [0.29, 0.717) is 33.9 Å². The Morgan fingerprint density at radius 2 is 2.12 bits per heavy atom. The molecular formula is C16H18N6O3S. The normalized spacial score (nSPS) is 18.7. The molecular weight excluding hydrogens is 356 g/mol. The van der Waals surface area contributed by atoms with Crippen molar-refractivity contribution in [3.63, 3.8) is 0 Å². The highest BCUT2D eigenvalue weighted by Crippen LogP contribution is 2.48. The zero-order valence-corrected chi connectivity index (χ0v) is 15.2. The number of nitrogens with zero attached hydrogens (tertiary/aromatic N) is 4. The van der Waals surface area contributed by atoms with Gasteiger partial charge < -0.3 is 14.8 Å². The van der Waals surface area contributed by atoms with E-state index >= 15 is 0 Å². The van der Waals surface area contributed by atoms with Crippen molar-refractivity contribution in [2.45, 2.75) is 50.1 Å². The van der Waals surface area contributed by atoms with Gasteiger partial charge in [-0.2, -0.15) is 0 Å². The van der Waals surface area contributed by atoms with Crippen molar-refractivity contribution >= 4 is 26.9 Å². The number of hydrogen-bond acceptors (Lipinski definition) is 7. The van der Waals surface area contributed by atoms with Gasteiger partial charge in [-0.15, -0.1) is 0 Å². The number of aromatic nitrogens is 4. The van der Waals surface area contributed by atoms with Gasteiger partial charge in [0.25, 0.3) is 0 Å². The molecule has 0 amide bonds. The van der Waals surface area contributed by atoms with E-state index in [0.717, 1.165) is 18.5 Å². The van der Waals surface area contributed by atoms with Crippen LogP contribution in [0.4, 0.5) is 5.82 Å². The van der Waals surface area contributed by atoms with Gasteiger partial charge in [-0.05, 0) is 26.7 Å². The van der Waals surface area contributed by atoms with Gasteiger partial charge in [-0.25, -0.2) is 23.1 Å². The third kappa shape index (κ3) is 1.99. The van der Waals surface area contributed by atoms with Gasteiger partial charge in [0.1, 0.15) is 23.5 Å². The number of rotatable bonds is 2. The van der Waals surface area contributed by atoms with Gasteiger partial charge in [0.05, 0.1) is 11.9 Å². The van der Waals surface area contributed by atoms with Crippen LogP contribution in [-0.4, -0.2) is 28.1 Å².